The van der Waals surface area contributed by atoms with Crippen molar-refractivity contribution in [3.63, 3.8) is 0 Å². The largest absolute Gasteiger partial charge is 0.474 e. The zero-order valence-electron chi connectivity index (χ0n) is 22.3. The summed E-state index contributed by atoms with van der Waals surface area (Å²) >= 11 is 0. The molecule has 0 spiro atoms. The summed E-state index contributed by atoms with van der Waals surface area (Å²) in [6.45, 7) is 4.95. The Morgan fingerprint density at radius 3 is 2.52 bits per heavy atom. The molecule has 40 heavy (non-hydrogen) atoms. The molecule has 1 amide bonds. The van der Waals surface area contributed by atoms with Gasteiger partial charge in [-0.1, -0.05) is 17.3 Å². The molecule has 4 heterocycles. The Bertz CT molecular complexity index is 1630. The molecule has 1 unspecified atom stereocenters. The van der Waals surface area contributed by atoms with Gasteiger partial charge in [0, 0.05) is 67.2 Å². The summed E-state index contributed by atoms with van der Waals surface area (Å²) in [5.74, 6) is -2.00. The number of aryl methyl sites for hydroxylation is 1. The summed E-state index contributed by atoms with van der Waals surface area (Å²) in [7, 11) is 1.74. The molecule has 3 aliphatic rings. The number of hydrogen-bond donors (Lipinski definition) is 1. The number of fused-ring (bicyclic) bond motifs is 2. The number of benzene rings is 1. The number of aromatic nitrogens is 4. The van der Waals surface area contributed by atoms with Crippen molar-refractivity contribution in [2.45, 2.75) is 37.8 Å². The molecule has 206 valence electrons. The molecule has 7 rings (SSSR count). The van der Waals surface area contributed by atoms with Gasteiger partial charge in [-0.05, 0) is 43.2 Å². The standard InChI is InChI=1S/C29H28F2N6O3/c1-28(2,32)17-9-22(15-4-5-20-16(8-15)12-29(20,30)31)33-25(10-17)40-26-18-13-37(14-19(18)26)27(38)24-11-23(34-36(24)3)21-6-7-39-35-21/h4-11,18-19,26H,12-14,32H2,1-3H3/t18-,19+,26?. The van der Waals surface area contributed by atoms with E-state index < -0.39 is 11.5 Å². The number of rotatable bonds is 6. The van der Waals surface area contributed by atoms with Crippen LogP contribution in [0.2, 0.25) is 0 Å². The fourth-order valence-corrected chi connectivity index (χ4v) is 5.82. The number of alkyl halides is 2. The molecule has 3 atom stereocenters. The van der Waals surface area contributed by atoms with Crippen LogP contribution in [0.15, 0.2) is 53.3 Å². The number of ether oxygens (including phenoxy) is 1. The minimum absolute atomic E-state index is 0.0618. The van der Waals surface area contributed by atoms with Crippen LogP contribution >= 0.6 is 0 Å². The van der Waals surface area contributed by atoms with Crippen LogP contribution in [-0.4, -0.2) is 49.9 Å². The van der Waals surface area contributed by atoms with Crippen LogP contribution in [0.25, 0.3) is 22.6 Å². The van der Waals surface area contributed by atoms with Crippen LogP contribution in [0.4, 0.5) is 8.78 Å². The predicted octanol–water partition coefficient (Wildman–Crippen LogP) is 4.13. The van der Waals surface area contributed by atoms with E-state index in [1.165, 1.54) is 12.3 Å². The lowest BCUT2D eigenvalue weighted by molar-refractivity contribution is -0.0287. The Balaban J connectivity index is 1.07. The van der Waals surface area contributed by atoms with Crippen molar-refractivity contribution >= 4 is 5.91 Å². The van der Waals surface area contributed by atoms with Crippen LogP contribution in [0.3, 0.4) is 0 Å². The number of nitrogens with zero attached hydrogens (tertiary/aromatic N) is 5. The summed E-state index contributed by atoms with van der Waals surface area (Å²) < 4.78 is 40.4. The summed E-state index contributed by atoms with van der Waals surface area (Å²) in [5, 5.41) is 8.29. The predicted molar refractivity (Wildman–Crippen MR) is 140 cm³/mol. The summed E-state index contributed by atoms with van der Waals surface area (Å²) in [6.07, 6.45) is 1.14. The van der Waals surface area contributed by atoms with E-state index >= 15 is 0 Å². The van der Waals surface area contributed by atoms with Crippen LogP contribution in [0.5, 0.6) is 5.88 Å². The van der Waals surface area contributed by atoms with E-state index in [0.717, 1.165) is 11.1 Å². The van der Waals surface area contributed by atoms with Crippen molar-refractivity contribution in [1.82, 2.24) is 24.8 Å². The Morgan fingerprint density at radius 1 is 1.10 bits per heavy atom. The molecule has 1 saturated heterocycles. The molecule has 11 heteroatoms. The van der Waals surface area contributed by atoms with Crippen molar-refractivity contribution in [2.24, 2.45) is 24.6 Å². The Labute approximate surface area is 228 Å². The maximum atomic E-state index is 13.8. The average molecular weight is 547 g/mol. The number of piperidine rings is 1. The number of carbonyl (C=O) groups is 1. The lowest BCUT2D eigenvalue weighted by Gasteiger charge is -2.30. The second kappa shape index (κ2) is 8.44. The van der Waals surface area contributed by atoms with E-state index in [9.17, 15) is 13.6 Å². The van der Waals surface area contributed by atoms with Gasteiger partial charge in [0.2, 0.25) is 5.88 Å². The number of nitrogens with two attached hydrogens (primary N) is 1. The zero-order valence-corrected chi connectivity index (χ0v) is 22.3. The van der Waals surface area contributed by atoms with E-state index in [2.05, 4.69) is 10.3 Å². The van der Waals surface area contributed by atoms with Gasteiger partial charge in [-0.3, -0.25) is 9.48 Å². The van der Waals surface area contributed by atoms with Gasteiger partial charge in [-0.15, -0.1) is 0 Å². The quantitative estimate of drug-likeness (QED) is 0.387. The Morgan fingerprint density at radius 2 is 1.88 bits per heavy atom. The third-order valence-electron chi connectivity index (χ3n) is 8.21. The minimum atomic E-state index is -2.76. The molecule has 2 aliphatic carbocycles. The summed E-state index contributed by atoms with van der Waals surface area (Å²) in [5.41, 5.74) is 10.3. The molecule has 2 fully saturated rings. The molecule has 9 nitrogen and oxygen atoms in total. The van der Waals surface area contributed by atoms with E-state index in [4.69, 9.17) is 20.0 Å². The van der Waals surface area contributed by atoms with Crippen LogP contribution in [0.1, 0.15) is 41.0 Å². The molecule has 2 N–H and O–H groups in total. The number of halogens is 2. The van der Waals surface area contributed by atoms with Gasteiger partial charge in [-0.2, -0.15) is 5.10 Å². The topological polar surface area (TPSA) is 112 Å². The maximum absolute atomic E-state index is 13.8. The number of amides is 1. The number of pyridine rings is 1. The zero-order chi connectivity index (χ0) is 28.0. The smallest absolute Gasteiger partial charge is 0.277 e. The minimum Gasteiger partial charge on any atom is -0.474 e. The van der Waals surface area contributed by atoms with Crippen molar-refractivity contribution in [3.8, 4) is 28.5 Å². The van der Waals surface area contributed by atoms with Crippen LogP contribution in [0, 0.1) is 11.8 Å². The SMILES string of the molecule is Cn1nc(-c2ccon2)cc1C(=O)N1C[C@@H]2C(Oc3cc(C(C)(C)N)cc(-c4ccc5c(c4)CC5(F)F)n3)[C@@H]2C1. The van der Waals surface area contributed by atoms with Gasteiger partial charge in [0.15, 0.2) is 0 Å². The fourth-order valence-electron chi connectivity index (χ4n) is 5.82. The first kappa shape index (κ1) is 24.9. The number of carbonyl (C=O) groups excluding carboxylic acids is 1. The lowest BCUT2D eigenvalue weighted by atomic mass is 9.83. The fraction of sp³-hybridized carbons (Fsp3) is 0.379. The first-order valence-corrected chi connectivity index (χ1v) is 13.2. The molecule has 0 radical (unpaired) electrons. The van der Waals surface area contributed by atoms with Gasteiger partial charge < -0.3 is 19.9 Å². The van der Waals surface area contributed by atoms with E-state index in [0.29, 0.717) is 47.3 Å². The van der Waals surface area contributed by atoms with Crippen LogP contribution < -0.4 is 10.5 Å². The summed E-state index contributed by atoms with van der Waals surface area (Å²) in [4.78, 5) is 19.8. The van der Waals surface area contributed by atoms with E-state index in [1.807, 2.05) is 30.9 Å². The maximum Gasteiger partial charge on any atom is 0.277 e. The van der Waals surface area contributed by atoms with Gasteiger partial charge >= 0.3 is 0 Å². The van der Waals surface area contributed by atoms with Gasteiger partial charge in [0.05, 0.1) is 5.69 Å². The average Bonchev–Trinajstić information content (AvgIpc) is 3.41. The number of likely N-dealkylation sites (tertiary alicyclic amines) is 1. The van der Waals surface area contributed by atoms with Crippen molar-refractivity contribution < 1.29 is 22.8 Å². The molecule has 0 bridgehead atoms. The van der Waals surface area contributed by atoms with Crippen molar-refractivity contribution in [3.05, 3.63) is 71.1 Å². The Kier molecular flexibility index (Phi) is 5.25. The third kappa shape index (κ3) is 4.07. The van der Waals surface area contributed by atoms with Gasteiger partial charge in [0.1, 0.15) is 29.4 Å². The van der Waals surface area contributed by atoms with E-state index in [-0.39, 0.29) is 35.8 Å². The molecule has 1 saturated carbocycles. The van der Waals surface area contributed by atoms with Crippen molar-refractivity contribution in [2.75, 3.05) is 13.1 Å². The Hall–Kier alpha value is -4.12. The molecular formula is C29H28F2N6O3. The molecule has 3 aromatic heterocycles. The highest BCUT2D eigenvalue weighted by Crippen LogP contribution is 2.49. The molecule has 1 aromatic carbocycles. The monoisotopic (exact) mass is 546 g/mol. The number of hydrogen-bond acceptors (Lipinski definition) is 7. The molecular weight excluding hydrogens is 518 g/mol. The van der Waals surface area contributed by atoms with Gasteiger partial charge in [0.25, 0.3) is 11.8 Å². The van der Waals surface area contributed by atoms with E-state index in [1.54, 1.807) is 36.0 Å². The first-order chi connectivity index (χ1) is 19.0. The second-order valence-corrected chi connectivity index (χ2v) is 11.6. The normalized spacial score (nSPS) is 22.4. The molecule has 4 aromatic rings. The van der Waals surface area contributed by atoms with Crippen LogP contribution in [-0.2, 0) is 24.9 Å². The lowest BCUT2D eigenvalue weighted by Crippen LogP contribution is -2.34. The summed E-state index contributed by atoms with van der Waals surface area (Å²) in [6, 6.07) is 12.1. The van der Waals surface area contributed by atoms with Crippen molar-refractivity contribution in [1.29, 1.82) is 0 Å². The third-order valence-corrected chi connectivity index (χ3v) is 8.21. The highest BCUT2D eigenvalue weighted by atomic mass is 19.3. The highest BCUT2D eigenvalue weighted by molar-refractivity contribution is 5.94. The second-order valence-electron chi connectivity index (χ2n) is 11.6. The van der Waals surface area contributed by atoms with Gasteiger partial charge in [-0.25, -0.2) is 13.8 Å². The highest BCUT2D eigenvalue weighted by Gasteiger charge is 2.59. The first-order valence-electron chi connectivity index (χ1n) is 13.2. The molecule has 1 aliphatic heterocycles.